The van der Waals surface area contributed by atoms with E-state index in [2.05, 4.69) is 0 Å². The largest absolute Gasteiger partial charge is 0.489 e. The average molecular weight is 302 g/mol. The van der Waals surface area contributed by atoms with Gasteiger partial charge >= 0.3 is 0 Å². The molecule has 0 fully saturated rings. The molecule has 2 heteroatoms. The second kappa shape index (κ2) is 6.93. The number of ether oxygens (including phenoxy) is 1. The predicted molar refractivity (Wildman–Crippen MR) is 92.8 cm³/mol. The monoisotopic (exact) mass is 302 g/mol. The van der Waals surface area contributed by atoms with Crippen LogP contribution in [-0.2, 0) is 6.61 Å². The van der Waals surface area contributed by atoms with E-state index in [0.717, 1.165) is 39.9 Å². The molecular formula is C21H18O2. The van der Waals surface area contributed by atoms with Gasteiger partial charge in [0, 0.05) is 5.56 Å². The number of carbonyl (C=O) groups excluding carboxylic acids is 1. The van der Waals surface area contributed by atoms with Gasteiger partial charge < -0.3 is 4.74 Å². The predicted octanol–water partition coefficient (Wildman–Crippen LogP) is 5.05. The molecule has 0 atom stereocenters. The van der Waals surface area contributed by atoms with Crippen molar-refractivity contribution < 1.29 is 9.53 Å². The van der Waals surface area contributed by atoms with Crippen LogP contribution in [0.15, 0.2) is 72.8 Å². The number of hydrogen-bond acceptors (Lipinski definition) is 2. The molecule has 0 unspecified atom stereocenters. The summed E-state index contributed by atoms with van der Waals surface area (Å²) < 4.78 is 5.79. The molecule has 0 saturated carbocycles. The van der Waals surface area contributed by atoms with Crippen LogP contribution in [0.2, 0.25) is 0 Å². The Morgan fingerprint density at radius 2 is 1.57 bits per heavy atom. The van der Waals surface area contributed by atoms with Crippen molar-refractivity contribution in [3.63, 3.8) is 0 Å². The van der Waals surface area contributed by atoms with E-state index in [1.807, 2.05) is 79.7 Å². The first-order chi connectivity index (χ1) is 11.3. The van der Waals surface area contributed by atoms with Gasteiger partial charge in [-0.1, -0.05) is 54.6 Å². The summed E-state index contributed by atoms with van der Waals surface area (Å²) in [7, 11) is 0. The van der Waals surface area contributed by atoms with E-state index in [9.17, 15) is 4.79 Å². The zero-order chi connectivity index (χ0) is 16.1. The molecule has 0 aromatic heterocycles. The van der Waals surface area contributed by atoms with Crippen LogP contribution >= 0.6 is 0 Å². The van der Waals surface area contributed by atoms with Crippen molar-refractivity contribution >= 4 is 6.29 Å². The van der Waals surface area contributed by atoms with E-state index in [1.165, 1.54) is 0 Å². The van der Waals surface area contributed by atoms with Gasteiger partial charge in [0.25, 0.3) is 0 Å². The Kier molecular flexibility index (Phi) is 4.53. The zero-order valence-corrected chi connectivity index (χ0v) is 13.0. The first-order valence-corrected chi connectivity index (χ1v) is 7.59. The molecule has 0 saturated heterocycles. The van der Waals surface area contributed by atoms with E-state index in [4.69, 9.17) is 4.74 Å². The number of carbonyl (C=O) groups is 1. The molecule has 0 heterocycles. The fraction of sp³-hybridized carbons (Fsp3) is 0.0952. The highest BCUT2D eigenvalue weighted by Crippen LogP contribution is 2.24. The van der Waals surface area contributed by atoms with Crippen LogP contribution in [0, 0.1) is 6.92 Å². The second-order valence-corrected chi connectivity index (χ2v) is 5.49. The van der Waals surface area contributed by atoms with Crippen molar-refractivity contribution in [3.8, 4) is 16.9 Å². The zero-order valence-electron chi connectivity index (χ0n) is 13.0. The molecule has 0 N–H and O–H groups in total. The maximum atomic E-state index is 11.1. The second-order valence-electron chi connectivity index (χ2n) is 5.49. The SMILES string of the molecule is Cc1ccc(-c2ccc(OCc3ccccc3)cc2)cc1C=O. The molecule has 3 aromatic rings. The van der Waals surface area contributed by atoms with Crippen LogP contribution < -0.4 is 4.74 Å². The molecular weight excluding hydrogens is 284 g/mol. The van der Waals surface area contributed by atoms with E-state index >= 15 is 0 Å². The van der Waals surface area contributed by atoms with Crippen molar-refractivity contribution in [2.24, 2.45) is 0 Å². The maximum absolute atomic E-state index is 11.1. The minimum Gasteiger partial charge on any atom is -0.489 e. The highest BCUT2D eigenvalue weighted by Gasteiger charge is 2.03. The molecule has 2 nitrogen and oxygen atoms in total. The first-order valence-electron chi connectivity index (χ1n) is 7.59. The van der Waals surface area contributed by atoms with Gasteiger partial charge in [-0.05, 0) is 47.4 Å². The first kappa shape index (κ1) is 15.0. The van der Waals surface area contributed by atoms with Crippen LogP contribution in [0.5, 0.6) is 5.75 Å². The molecule has 0 amide bonds. The Labute approximate surface area is 136 Å². The quantitative estimate of drug-likeness (QED) is 0.616. The lowest BCUT2D eigenvalue weighted by atomic mass is 10.0. The van der Waals surface area contributed by atoms with E-state index in [1.54, 1.807) is 0 Å². The molecule has 23 heavy (non-hydrogen) atoms. The standard InChI is InChI=1S/C21H18O2/c1-16-7-8-19(13-20(16)14-22)18-9-11-21(12-10-18)23-15-17-5-3-2-4-6-17/h2-14H,15H2,1H3. The number of aryl methyl sites for hydroxylation is 1. The van der Waals surface area contributed by atoms with Crippen LogP contribution in [0.4, 0.5) is 0 Å². The topological polar surface area (TPSA) is 26.3 Å². The van der Waals surface area contributed by atoms with Gasteiger partial charge in [0.15, 0.2) is 0 Å². The highest BCUT2D eigenvalue weighted by molar-refractivity contribution is 5.81. The van der Waals surface area contributed by atoms with E-state index < -0.39 is 0 Å². The number of aldehydes is 1. The van der Waals surface area contributed by atoms with E-state index in [0.29, 0.717) is 6.61 Å². The molecule has 0 aliphatic heterocycles. The molecule has 3 rings (SSSR count). The van der Waals surface area contributed by atoms with Gasteiger partial charge in [0.1, 0.15) is 18.6 Å². The number of hydrogen-bond donors (Lipinski definition) is 0. The Hall–Kier alpha value is -2.87. The molecule has 0 bridgehead atoms. The molecule has 0 aliphatic rings. The van der Waals surface area contributed by atoms with Gasteiger partial charge in [-0.2, -0.15) is 0 Å². The average Bonchev–Trinajstić information content (AvgIpc) is 2.62. The van der Waals surface area contributed by atoms with Crippen molar-refractivity contribution in [1.29, 1.82) is 0 Å². The van der Waals surface area contributed by atoms with Crippen molar-refractivity contribution in [2.45, 2.75) is 13.5 Å². The molecule has 0 radical (unpaired) electrons. The summed E-state index contributed by atoms with van der Waals surface area (Å²) in [5.74, 6) is 0.834. The Bertz CT molecular complexity index is 790. The molecule has 3 aromatic carbocycles. The van der Waals surface area contributed by atoms with Gasteiger partial charge in [0.05, 0.1) is 0 Å². The lowest BCUT2D eigenvalue weighted by Gasteiger charge is -2.08. The molecule has 114 valence electrons. The van der Waals surface area contributed by atoms with Crippen molar-refractivity contribution in [2.75, 3.05) is 0 Å². The van der Waals surface area contributed by atoms with Crippen LogP contribution in [-0.4, -0.2) is 6.29 Å². The van der Waals surface area contributed by atoms with Gasteiger partial charge in [-0.3, -0.25) is 4.79 Å². The summed E-state index contributed by atoms with van der Waals surface area (Å²) in [4.78, 5) is 11.1. The molecule has 0 spiro atoms. The Morgan fingerprint density at radius 1 is 0.870 bits per heavy atom. The lowest BCUT2D eigenvalue weighted by molar-refractivity contribution is 0.112. The summed E-state index contributed by atoms with van der Waals surface area (Å²) in [6, 6.07) is 23.9. The summed E-state index contributed by atoms with van der Waals surface area (Å²) in [6.07, 6.45) is 0.899. The fourth-order valence-corrected chi connectivity index (χ4v) is 2.43. The summed E-state index contributed by atoms with van der Waals surface area (Å²) >= 11 is 0. The summed E-state index contributed by atoms with van der Waals surface area (Å²) in [5.41, 5.74) is 4.97. The lowest BCUT2D eigenvalue weighted by Crippen LogP contribution is -1.94. The van der Waals surface area contributed by atoms with Crippen molar-refractivity contribution in [1.82, 2.24) is 0 Å². The third-order valence-electron chi connectivity index (χ3n) is 3.84. The third kappa shape index (κ3) is 3.67. The fourth-order valence-electron chi connectivity index (χ4n) is 2.43. The van der Waals surface area contributed by atoms with Gasteiger partial charge in [0.2, 0.25) is 0 Å². The Morgan fingerprint density at radius 3 is 2.26 bits per heavy atom. The normalized spacial score (nSPS) is 10.3. The third-order valence-corrected chi connectivity index (χ3v) is 3.84. The van der Waals surface area contributed by atoms with Crippen LogP contribution in [0.25, 0.3) is 11.1 Å². The Balaban J connectivity index is 1.73. The summed E-state index contributed by atoms with van der Waals surface area (Å²) in [6.45, 7) is 2.49. The van der Waals surface area contributed by atoms with Crippen LogP contribution in [0.3, 0.4) is 0 Å². The molecule has 0 aliphatic carbocycles. The highest BCUT2D eigenvalue weighted by atomic mass is 16.5. The van der Waals surface area contributed by atoms with Gasteiger partial charge in [-0.25, -0.2) is 0 Å². The summed E-state index contributed by atoms with van der Waals surface area (Å²) in [5, 5.41) is 0. The van der Waals surface area contributed by atoms with Crippen LogP contribution in [0.1, 0.15) is 21.5 Å². The van der Waals surface area contributed by atoms with Crippen molar-refractivity contribution in [3.05, 3.63) is 89.5 Å². The smallest absolute Gasteiger partial charge is 0.150 e. The van der Waals surface area contributed by atoms with Gasteiger partial charge in [-0.15, -0.1) is 0 Å². The minimum atomic E-state index is 0.556. The number of benzene rings is 3. The minimum absolute atomic E-state index is 0.556. The number of rotatable bonds is 5. The van der Waals surface area contributed by atoms with E-state index in [-0.39, 0.29) is 0 Å². The maximum Gasteiger partial charge on any atom is 0.150 e.